The van der Waals surface area contributed by atoms with Crippen LogP contribution in [0.3, 0.4) is 0 Å². The maximum absolute atomic E-state index is 9.88. The molecule has 0 saturated carbocycles. The summed E-state index contributed by atoms with van der Waals surface area (Å²) in [7, 11) is 0. The highest BCUT2D eigenvalue weighted by Crippen LogP contribution is 2.23. The third kappa shape index (κ3) is 2.26. The van der Waals surface area contributed by atoms with Gasteiger partial charge in [-0.2, -0.15) is 4.55 Å². The molecular formula is C10H15OS+. The van der Waals surface area contributed by atoms with Crippen molar-refractivity contribution in [1.82, 2.24) is 0 Å². The monoisotopic (exact) mass is 183 g/mol. The van der Waals surface area contributed by atoms with Crippen LogP contribution in [-0.4, -0.2) is 9.30 Å². The average Bonchev–Trinajstić information content (AvgIpc) is 2.03. The van der Waals surface area contributed by atoms with Gasteiger partial charge in [-0.1, -0.05) is 18.2 Å². The minimum absolute atomic E-state index is 0.0542. The lowest BCUT2D eigenvalue weighted by atomic mass is 10.3. The second-order valence-corrected chi connectivity index (χ2v) is 5.98. The molecule has 1 nitrogen and oxygen atoms in total. The Kier molecular flexibility index (Phi) is 2.80. The van der Waals surface area contributed by atoms with Gasteiger partial charge >= 0.3 is 0 Å². The summed E-state index contributed by atoms with van der Waals surface area (Å²) in [6, 6.07) is 9.81. The minimum atomic E-state index is -0.651. The summed E-state index contributed by atoms with van der Waals surface area (Å²) < 4.78 is 9.83. The van der Waals surface area contributed by atoms with E-state index in [2.05, 4.69) is 0 Å². The van der Waals surface area contributed by atoms with Crippen molar-refractivity contribution in [2.45, 2.75) is 30.4 Å². The van der Waals surface area contributed by atoms with Crippen LogP contribution in [0.2, 0.25) is 0 Å². The summed E-state index contributed by atoms with van der Waals surface area (Å²) in [4.78, 5) is 1.02. The lowest BCUT2D eigenvalue weighted by Gasteiger charge is -2.13. The summed E-state index contributed by atoms with van der Waals surface area (Å²) >= 11 is -0.651. The molecule has 0 aromatic heterocycles. The van der Waals surface area contributed by atoms with Gasteiger partial charge in [-0.25, -0.2) is 0 Å². The number of hydrogen-bond donors (Lipinski definition) is 1. The van der Waals surface area contributed by atoms with Crippen LogP contribution in [0.1, 0.15) is 20.8 Å². The molecule has 1 rings (SSSR count). The third-order valence-electron chi connectivity index (χ3n) is 1.55. The Morgan fingerprint density at radius 3 is 2.00 bits per heavy atom. The molecule has 1 unspecified atom stereocenters. The molecule has 0 aliphatic rings. The van der Waals surface area contributed by atoms with E-state index in [1.54, 1.807) is 0 Å². The van der Waals surface area contributed by atoms with E-state index in [0.717, 1.165) is 4.90 Å². The predicted molar refractivity (Wildman–Crippen MR) is 54.5 cm³/mol. The van der Waals surface area contributed by atoms with Crippen LogP contribution in [-0.2, 0) is 11.2 Å². The van der Waals surface area contributed by atoms with Gasteiger partial charge in [-0.3, -0.25) is 0 Å². The van der Waals surface area contributed by atoms with Crippen LogP contribution in [0.25, 0.3) is 0 Å². The molecule has 1 aromatic carbocycles. The Balaban J connectivity index is 2.86. The zero-order chi connectivity index (χ0) is 9.19. The molecular weight excluding hydrogens is 168 g/mol. The SMILES string of the molecule is CC(C)(C)[S+](O)c1ccccc1. The van der Waals surface area contributed by atoms with Crippen LogP contribution in [0.15, 0.2) is 35.2 Å². The molecule has 2 heteroatoms. The van der Waals surface area contributed by atoms with Crippen molar-refractivity contribution in [1.29, 1.82) is 0 Å². The molecule has 12 heavy (non-hydrogen) atoms. The summed E-state index contributed by atoms with van der Waals surface area (Å²) in [6.07, 6.45) is 0. The largest absolute Gasteiger partial charge is 0.190 e. The highest BCUT2D eigenvalue weighted by molar-refractivity contribution is 7.92. The van der Waals surface area contributed by atoms with Gasteiger partial charge in [-0.05, 0) is 32.9 Å². The average molecular weight is 183 g/mol. The van der Waals surface area contributed by atoms with Gasteiger partial charge < -0.3 is 0 Å². The summed E-state index contributed by atoms with van der Waals surface area (Å²) in [6.45, 7) is 6.13. The first-order chi connectivity index (χ1) is 5.52. The topological polar surface area (TPSA) is 20.2 Å². The molecule has 0 aliphatic heterocycles. The van der Waals surface area contributed by atoms with Crippen molar-refractivity contribution in [3.8, 4) is 0 Å². The molecule has 0 amide bonds. The second-order valence-electron chi connectivity index (χ2n) is 3.71. The van der Waals surface area contributed by atoms with Crippen molar-refractivity contribution in [3.63, 3.8) is 0 Å². The lowest BCUT2D eigenvalue weighted by molar-refractivity contribution is 0.594. The maximum Gasteiger partial charge on any atom is 0.190 e. The molecule has 0 saturated heterocycles. The molecule has 0 heterocycles. The fourth-order valence-corrected chi connectivity index (χ4v) is 2.02. The summed E-state index contributed by atoms with van der Waals surface area (Å²) in [5.74, 6) is 0. The van der Waals surface area contributed by atoms with Crippen LogP contribution in [0.5, 0.6) is 0 Å². The van der Waals surface area contributed by atoms with Gasteiger partial charge in [0.05, 0.1) is 0 Å². The first-order valence-electron chi connectivity index (χ1n) is 4.00. The molecule has 1 atom stereocenters. The van der Waals surface area contributed by atoms with Gasteiger partial charge in [0.15, 0.2) is 20.8 Å². The van der Waals surface area contributed by atoms with Crippen LogP contribution in [0.4, 0.5) is 0 Å². The summed E-state index contributed by atoms with van der Waals surface area (Å²) in [5.41, 5.74) is 0. The van der Waals surface area contributed by atoms with E-state index >= 15 is 0 Å². The minimum Gasteiger partial charge on any atom is -0.181 e. The van der Waals surface area contributed by atoms with Crippen molar-refractivity contribution in [3.05, 3.63) is 30.3 Å². The zero-order valence-corrected chi connectivity index (χ0v) is 8.56. The summed E-state index contributed by atoms with van der Waals surface area (Å²) in [5, 5.41) is 0. The van der Waals surface area contributed by atoms with Crippen molar-refractivity contribution >= 4 is 11.2 Å². The van der Waals surface area contributed by atoms with Crippen molar-refractivity contribution in [2.75, 3.05) is 0 Å². The van der Waals surface area contributed by atoms with Gasteiger partial charge in [0.2, 0.25) is 0 Å². The van der Waals surface area contributed by atoms with Crippen molar-refractivity contribution < 1.29 is 4.55 Å². The standard InChI is InChI=1S/C10H15OS/c1-10(2,3)12(11)9-7-5-4-6-8-9/h4-8,11H,1-3H3/q+1. The highest BCUT2D eigenvalue weighted by Gasteiger charge is 2.35. The molecule has 0 radical (unpaired) electrons. The number of rotatable bonds is 1. The van der Waals surface area contributed by atoms with E-state index in [-0.39, 0.29) is 4.75 Å². The quantitative estimate of drug-likeness (QED) is 0.664. The normalized spacial score (nSPS) is 14.3. The molecule has 1 N–H and O–H groups in total. The molecule has 66 valence electrons. The van der Waals surface area contributed by atoms with E-state index in [1.165, 1.54) is 0 Å². The number of benzene rings is 1. The highest BCUT2D eigenvalue weighted by atomic mass is 32.2. The number of hydrogen-bond acceptors (Lipinski definition) is 1. The molecule has 0 spiro atoms. The zero-order valence-electron chi connectivity index (χ0n) is 7.74. The van der Waals surface area contributed by atoms with E-state index in [4.69, 9.17) is 0 Å². The van der Waals surface area contributed by atoms with Gasteiger partial charge in [0, 0.05) is 0 Å². The van der Waals surface area contributed by atoms with Gasteiger partial charge in [0.25, 0.3) is 0 Å². The maximum atomic E-state index is 9.88. The Morgan fingerprint density at radius 2 is 1.58 bits per heavy atom. The van der Waals surface area contributed by atoms with E-state index in [1.807, 2.05) is 51.1 Å². The molecule has 0 aliphatic carbocycles. The van der Waals surface area contributed by atoms with E-state index in [0.29, 0.717) is 0 Å². The second kappa shape index (κ2) is 3.50. The van der Waals surface area contributed by atoms with Gasteiger partial charge in [0.1, 0.15) is 0 Å². The smallest absolute Gasteiger partial charge is 0.181 e. The van der Waals surface area contributed by atoms with Crippen LogP contribution in [0, 0.1) is 0 Å². The fourth-order valence-electron chi connectivity index (χ4n) is 0.903. The van der Waals surface area contributed by atoms with E-state index < -0.39 is 11.2 Å². The van der Waals surface area contributed by atoms with Gasteiger partial charge in [-0.15, -0.1) is 0 Å². The van der Waals surface area contributed by atoms with E-state index in [9.17, 15) is 4.55 Å². The Morgan fingerprint density at radius 1 is 1.08 bits per heavy atom. The molecule has 0 bridgehead atoms. The third-order valence-corrected chi connectivity index (χ3v) is 3.43. The predicted octanol–water partition coefficient (Wildman–Crippen LogP) is 2.94. The Hall–Kier alpha value is -0.470. The Bertz CT molecular complexity index is 238. The van der Waals surface area contributed by atoms with Crippen LogP contribution >= 0.6 is 0 Å². The fraction of sp³-hybridized carbons (Fsp3) is 0.400. The lowest BCUT2D eigenvalue weighted by Crippen LogP contribution is -2.27. The molecule has 1 aromatic rings. The van der Waals surface area contributed by atoms with Crippen LogP contribution < -0.4 is 0 Å². The Labute approximate surface area is 77.0 Å². The first kappa shape index (κ1) is 9.62. The first-order valence-corrected chi connectivity index (χ1v) is 5.18. The molecule has 0 fully saturated rings. The van der Waals surface area contributed by atoms with Crippen molar-refractivity contribution in [2.24, 2.45) is 0 Å².